The summed E-state index contributed by atoms with van der Waals surface area (Å²) in [6.07, 6.45) is 1.84. The Bertz CT molecular complexity index is 363. The van der Waals surface area contributed by atoms with Crippen LogP contribution in [0, 0.1) is 0 Å². The quantitative estimate of drug-likeness (QED) is 0.562. The summed E-state index contributed by atoms with van der Waals surface area (Å²) in [5, 5.41) is 15.4. The third kappa shape index (κ3) is 3.06. The third-order valence-electron chi connectivity index (χ3n) is 2.10. The number of aromatic nitrogens is 2. The smallest absolute Gasteiger partial charge is 0.248 e. The Balaban J connectivity index is 2.44. The molecule has 1 aromatic heterocycles. The van der Waals surface area contributed by atoms with Gasteiger partial charge in [-0.2, -0.15) is 5.10 Å². The number of hydrogen-bond acceptors (Lipinski definition) is 4. The van der Waals surface area contributed by atoms with Crippen LogP contribution in [-0.2, 0) is 9.59 Å². The van der Waals surface area contributed by atoms with Crippen molar-refractivity contribution in [2.45, 2.75) is 19.1 Å². The van der Waals surface area contributed by atoms with Crippen molar-refractivity contribution in [3.63, 3.8) is 0 Å². The van der Waals surface area contributed by atoms with Gasteiger partial charge in [0.25, 0.3) is 0 Å². The second-order valence-electron chi connectivity index (χ2n) is 3.33. The summed E-state index contributed by atoms with van der Waals surface area (Å²) in [6.45, 7) is 1.46. The molecule has 2 atom stereocenters. The van der Waals surface area contributed by atoms with Crippen LogP contribution in [-0.4, -0.2) is 39.4 Å². The number of nitrogens with one attached hydrogen (secondary N) is 1. The van der Waals surface area contributed by atoms with E-state index in [1.165, 1.54) is 4.68 Å². The highest BCUT2D eigenvalue weighted by atomic mass is 16.3. The number of carbonyl (C=O) groups excluding carboxylic acids is 2. The normalized spacial score (nSPS) is 14.1. The van der Waals surface area contributed by atoms with Crippen molar-refractivity contribution in [3.8, 4) is 0 Å². The fourth-order valence-electron chi connectivity index (χ4n) is 1.08. The number of amides is 2. The van der Waals surface area contributed by atoms with Crippen LogP contribution in [0.3, 0.4) is 0 Å². The second-order valence-corrected chi connectivity index (χ2v) is 3.33. The SMILES string of the molecule is CC(C(=O)NCC(O)C(N)=O)n1cccn1. The molecule has 0 fully saturated rings. The first kappa shape index (κ1) is 12.2. The molecule has 0 spiro atoms. The zero-order valence-corrected chi connectivity index (χ0v) is 8.83. The lowest BCUT2D eigenvalue weighted by molar-refractivity contribution is -0.128. The van der Waals surface area contributed by atoms with Gasteiger partial charge in [-0.15, -0.1) is 0 Å². The molecule has 0 aliphatic rings. The Morgan fingerprint density at radius 1 is 1.62 bits per heavy atom. The van der Waals surface area contributed by atoms with E-state index in [4.69, 9.17) is 10.8 Å². The molecule has 0 aromatic carbocycles. The van der Waals surface area contributed by atoms with E-state index >= 15 is 0 Å². The molecule has 1 aromatic rings. The van der Waals surface area contributed by atoms with E-state index in [-0.39, 0.29) is 12.5 Å². The molecule has 1 rings (SSSR count). The number of nitrogens with zero attached hydrogens (tertiary/aromatic N) is 2. The predicted molar refractivity (Wildman–Crippen MR) is 55.1 cm³/mol. The van der Waals surface area contributed by atoms with Gasteiger partial charge in [-0.3, -0.25) is 14.3 Å². The summed E-state index contributed by atoms with van der Waals surface area (Å²) in [5.41, 5.74) is 4.84. The van der Waals surface area contributed by atoms with E-state index in [0.717, 1.165) is 0 Å². The average Bonchev–Trinajstić information content (AvgIpc) is 2.77. The molecule has 16 heavy (non-hydrogen) atoms. The second kappa shape index (κ2) is 5.26. The highest BCUT2D eigenvalue weighted by molar-refractivity contribution is 5.82. The van der Waals surface area contributed by atoms with Gasteiger partial charge in [0.1, 0.15) is 12.1 Å². The number of aliphatic hydroxyl groups is 1. The molecule has 2 unspecified atom stereocenters. The number of rotatable bonds is 5. The van der Waals surface area contributed by atoms with Crippen molar-refractivity contribution in [2.24, 2.45) is 5.73 Å². The molecular formula is C9H14N4O3. The zero-order chi connectivity index (χ0) is 12.1. The van der Waals surface area contributed by atoms with Crippen molar-refractivity contribution in [1.29, 1.82) is 0 Å². The lowest BCUT2D eigenvalue weighted by atomic mass is 10.3. The van der Waals surface area contributed by atoms with Gasteiger partial charge in [0.2, 0.25) is 11.8 Å². The summed E-state index contributed by atoms with van der Waals surface area (Å²) < 4.78 is 1.46. The minimum atomic E-state index is -1.37. The fourth-order valence-corrected chi connectivity index (χ4v) is 1.08. The van der Waals surface area contributed by atoms with Crippen LogP contribution in [0.15, 0.2) is 18.5 Å². The Labute approximate surface area is 92.2 Å². The van der Waals surface area contributed by atoms with Crippen molar-refractivity contribution in [1.82, 2.24) is 15.1 Å². The van der Waals surface area contributed by atoms with E-state index in [1.807, 2.05) is 0 Å². The van der Waals surface area contributed by atoms with Crippen molar-refractivity contribution < 1.29 is 14.7 Å². The molecule has 1 heterocycles. The van der Waals surface area contributed by atoms with Crippen molar-refractivity contribution in [2.75, 3.05) is 6.54 Å². The fraction of sp³-hybridized carbons (Fsp3) is 0.444. The highest BCUT2D eigenvalue weighted by Gasteiger charge is 2.17. The minimum absolute atomic E-state index is 0.195. The molecule has 0 saturated heterocycles. The van der Waals surface area contributed by atoms with Crippen molar-refractivity contribution >= 4 is 11.8 Å². The van der Waals surface area contributed by atoms with Crippen LogP contribution >= 0.6 is 0 Å². The summed E-state index contributed by atoms with van der Waals surface area (Å²) in [5.74, 6) is -1.21. The molecule has 88 valence electrons. The van der Waals surface area contributed by atoms with Crippen LogP contribution in [0.1, 0.15) is 13.0 Å². The Morgan fingerprint density at radius 3 is 2.81 bits per heavy atom. The molecule has 0 saturated carbocycles. The average molecular weight is 226 g/mol. The Kier molecular flexibility index (Phi) is 4.01. The molecule has 7 nitrogen and oxygen atoms in total. The van der Waals surface area contributed by atoms with Crippen LogP contribution in [0.4, 0.5) is 0 Å². The summed E-state index contributed by atoms with van der Waals surface area (Å²) in [6, 6.07) is 1.19. The lowest BCUT2D eigenvalue weighted by Gasteiger charge is -2.13. The Morgan fingerprint density at radius 2 is 2.31 bits per heavy atom. The van der Waals surface area contributed by atoms with Crippen LogP contribution in [0.25, 0.3) is 0 Å². The number of carbonyl (C=O) groups is 2. The van der Waals surface area contributed by atoms with Gasteiger partial charge >= 0.3 is 0 Å². The van der Waals surface area contributed by atoms with E-state index in [0.29, 0.717) is 0 Å². The molecular weight excluding hydrogens is 212 g/mol. The molecule has 0 radical (unpaired) electrons. The maximum absolute atomic E-state index is 11.5. The number of aliphatic hydroxyl groups excluding tert-OH is 1. The van der Waals surface area contributed by atoms with Crippen LogP contribution in [0.2, 0.25) is 0 Å². The van der Waals surface area contributed by atoms with Gasteiger partial charge in [-0.05, 0) is 13.0 Å². The van der Waals surface area contributed by atoms with E-state index < -0.39 is 18.1 Å². The maximum atomic E-state index is 11.5. The number of hydrogen-bond donors (Lipinski definition) is 3. The molecule has 7 heteroatoms. The van der Waals surface area contributed by atoms with Gasteiger partial charge in [-0.1, -0.05) is 0 Å². The first-order valence-electron chi connectivity index (χ1n) is 4.76. The number of nitrogens with two attached hydrogens (primary N) is 1. The van der Waals surface area contributed by atoms with Gasteiger partial charge in [0.05, 0.1) is 6.54 Å². The van der Waals surface area contributed by atoms with E-state index in [1.54, 1.807) is 25.4 Å². The first-order chi connectivity index (χ1) is 7.52. The Hall–Kier alpha value is -1.89. The molecule has 4 N–H and O–H groups in total. The summed E-state index contributed by atoms with van der Waals surface area (Å²) in [7, 11) is 0. The van der Waals surface area contributed by atoms with Gasteiger partial charge in [-0.25, -0.2) is 0 Å². The van der Waals surface area contributed by atoms with Gasteiger partial charge in [0.15, 0.2) is 0 Å². The standard InChI is InChI=1S/C9H14N4O3/c1-6(13-4-2-3-12-13)9(16)11-5-7(14)8(10)15/h2-4,6-7,14H,5H2,1H3,(H2,10,15)(H,11,16). The summed E-state index contributed by atoms with van der Waals surface area (Å²) >= 11 is 0. The number of primary amides is 1. The van der Waals surface area contributed by atoms with Gasteiger partial charge < -0.3 is 16.2 Å². The molecule has 0 bridgehead atoms. The first-order valence-corrected chi connectivity index (χ1v) is 4.76. The van der Waals surface area contributed by atoms with E-state index in [2.05, 4.69) is 10.4 Å². The topological polar surface area (TPSA) is 110 Å². The monoisotopic (exact) mass is 226 g/mol. The molecule has 0 aliphatic heterocycles. The van der Waals surface area contributed by atoms with Gasteiger partial charge in [0, 0.05) is 12.4 Å². The van der Waals surface area contributed by atoms with E-state index in [9.17, 15) is 9.59 Å². The molecule has 0 aliphatic carbocycles. The van der Waals surface area contributed by atoms with Crippen molar-refractivity contribution in [3.05, 3.63) is 18.5 Å². The largest absolute Gasteiger partial charge is 0.381 e. The molecule has 2 amide bonds. The summed E-state index contributed by atoms with van der Waals surface area (Å²) in [4.78, 5) is 22.0. The predicted octanol–water partition coefficient (Wildman–Crippen LogP) is -1.59. The third-order valence-corrected chi connectivity index (χ3v) is 2.10. The zero-order valence-electron chi connectivity index (χ0n) is 8.83. The maximum Gasteiger partial charge on any atom is 0.248 e. The minimum Gasteiger partial charge on any atom is -0.381 e. The van der Waals surface area contributed by atoms with Crippen LogP contribution < -0.4 is 11.1 Å². The lowest BCUT2D eigenvalue weighted by Crippen LogP contribution is -2.42. The highest BCUT2D eigenvalue weighted by Crippen LogP contribution is 2.02. The van der Waals surface area contributed by atoms with Crippen LogP contribution in [0.5, 0.6) is 0 Å².